The molecular formula is C36H34N6O10S3. The van der Waals surface area contributed by atoms with Crippen molar-refractivity contribution in [3.63, 3.8) is 0 Å². The Bertz CT molecular complexity index is 2970. The lowest BCUT2D eigenvalue weighted by molar-refractivity contribution is 0.473. The summed E-state index contributed by atoms with van der Waals surface area (Å²) in [5.41, 5.74) is 33.1. The molecule has 0 saturated heterocycles. The van der Waals surface area contributed by atoms with Crippen LogP contribution in [0.5, 0.6) is 5.75 Å². The van der Waals surface area contributed by atoms with Crippen molar-refractivity contribution in [1.29, 1.82) is 0 Å². The van der Waals surface area contributed by atoms with Crippen molar-refractivity contribution < 1.29 is 44.0 Å². The quantitative estimate of drug-likeness (QED) is 0.0623. The van der Waals surface area contributed by atoms with Crippen molar-refractivity contribution in [3.05, 3.63) is 109 Å². The monoisotopic (exact) mass is 806 g/mol. The molecule has 286 valence electrons. The Morgan fingerprint density at radius 2 is 1.13 bits per heavy atom. The Labute approximate surface area is 315 Å². The first kappa shape index (κ1) is 40.0. The van der Waals surface area contributed by atoms with Gasteiger partial charge in [-0.05, 0) is 84.6 Å². The summed E-state index contributed by atoms with van der Waals surface area (Å²) in [5, 5.41) is 12.1. The molecule has 0 atom stereocenters. The van der Waals surface area contributed by atoms with Crippen molar-refractivity contribution in [2.75, 3.05) is 28.7 Å². The molecule has 6 aromatic carbocycles. The van der Waals surface area contributed by atoms with Crippen molar-refractivity contribution in [2.24, 2.45) is 0 Å². The molecule has 14 N–H and O–H groups in total. The van der Waals surface area contributed by atoms with Crippen LogP contribution in [0.1, 0.15) is 5.56 Å². The molecule has 19 heteroatoms. The van der Waals surface area contributed by atoms with E-state index in [2.05, 4.69) is 19.1 Å². The second kappa shape index (κ2) is 14.9. The van der Waals surface area contributed by atoms with E-state index in [0.29, 0.717) is 22.1 Å². The maximum Gasteiger partial charge on any atom is 0.296 e. The highest BCUT2D eigenvalue weighted by atomic mass is 32.2. The summed E-state index contributed by atoms with van der Waals surface area (Å²) in [6.45, 7) is 2.12. The lowest BCUT2D eigenvalue weighted by atomic mass is 10.1. The van der Waals surface area contributed by atoms with E-state index < -0.39 is 51.6 Å². The Morgan fingerprint density at radius 3 is 1.73 bits per heavy atom. The average Bonchev–Trinajstić information content (AvgIpc) is 3.11. The Hall–Kier alpha value is -6.22. The molecule has 0 aliphatic heterocycles. The van der Waals surface area contributed by atoms with Crippen LogP contribution < -0.4 is 28.7 Å². The molecule has 0 unspecified atom stereocenters. The largest absolute Gasteiger partial charge is 0.505 e. The third-order valence-corrected chi connectivity index (χ3v) is 10.9. The van der Waals surface area contributed by atoms with Gasteiger partial charge in [0.15, 0.2) is 0 Å². The molecule has 7 aromatic rings. The minimum atomic E-state index is -4.73. The third-order valence-electron chi connectivity index (χ3n) is 8.28. The fourth-order valence-corrected chi connectivity index (χ4v) is 7.33. The number of nitrogens with two attached hydrogens (primary N) is 5. The zero-order chi connectivity index (χ0) is 40.6. The van der Waals surface area contributed by atoms with Crippen LogP contribution in [0.3, 0.4) is 0 Å². The van der Waals surface area contributed by atoms with Gasteiger partial charge in [0.05, 0.1) is 27.5 Å². The number of pyridine rings is 1. The predicted molar refractivity (Wildman–Crippen MR) is 213 cm³/mol. The number of aromatic nitrogens is 1. The van der Waals surface area contributed by atoms with Crippen molar-refractivity contribution in [3.8, 4) is 17.0 Å². The van der Waals surface area contributed by atoms with Gasteiger partial charge in [0.25, 0.3) is 30.4 Å². The van der Waals surface area contributed by atoms with Crippen molar-refractivity contribution in [1.82, 2.24) is 4.98 Å². The van der Waals surface area contributed by atoms with Gasteiger partial charge in [-0.25, -0.2) is 4.98 Å². The number of nitrogens with zero attached hydrogens (tertiary/aromatic N) is 1. The molecule has 0 radical (unpaired) electrons. The van der Waals surface area contributed by atoms with E-state index >= 15 is 0 Å². The standard InChI is InChI=1S/C16H14N2.C10H10N2O7S2.C10H10N2O3S/c1-11-10-16(12-6-8-13(17)9-7-12)18-15-5-3-2-4-14(11)15;11-6-3-5-4(1-7(6)20(14,15)16)2-8(21(17,18)19)9(12)10(5)13;11-9-3-4-10(12)8-5-6(16(13,14)15)1-2-7(8)9/h2-10H,17H2,1H3;1-3,13H,11-12H2,(H,14,15,16)(H,17,18,19);1-5H,11-12H2,(H,13,14,15). The number of benzene rings is 6. The van der Waals surface area contributed by atoms with Gasteiger partial charge in [0, 0.05) is 44.2 Å². The second-order valence-electron chi connectivity index (χ2n) is 12.1. The van der Waals surface area contributed by atoms with E-state index in [-0.39, 0.29) is 21.4 Å². The molecule has 0 spiro atoms. The molecule has 1 heterocycles. The minimum Gasteiger partial charge on any atom is -0.505 e. The van der Waals surface area contributed by atoms with Gasteiger partial charge in [0.2, 0.25) is 0 Å². The zero-order valence-corrected chi connectivity index (χ0v) is 31.1. The lowest BCUT2D eigenvalue weighted by Gasteiger charge is -2.11. The number of anilines is 5. The summed E-state index contributed by atoms with van der Waals surface area (Å²) in [7, 11) is -13.6. The molecule has 55 heavy (non-hydrogen) atoms. The van der Waals surface area contributed by atoms with E-state index in [1.165, 1.54) is 29.1 Å². The average molecular weight is 807 g/mol. The van der Waals surface area contributed by atoms with Crippen LogP contribution >= 0.6 is 0 Å². The van der Waals surface area contributed by atoms with Gasteiger partial charge < -0.3 is 33.8 Å². The first-order chi connectivity index (χ1) is 25.6. The predicted octanol–water partition coefficient (Wildman–Crippen LogP) is 5.25. The van der Waals surface area contributed by atoms with Crippen LogP contribution in [-0.4, -0.2) is 49.0 Å². The van der Waals surface area contributed by atoms with E-state index in [1.54, 1.807) is 12.1 Å². The maximum atomic E-state index is 11.2. The van der Waals surface area contributed by atoms with E-state index in [0.717, 1.165) is 40.7 Å². The van der Waals surface area contributed by atoms with Crippen LogP contribution in [-0.2, 0) is 30.4 Å². The highest BCUT2D eigenvalue weighted by molar-refractivity contribution is 7.86. The number of hydrogen-bond acceptors (Lipinski definition) is 13. The van der Waals surface area contributed by atoms with Gasteiger partial charge in [-0.3, -0.25) is 13.7 Å². The Balaban J connectivity index is 0.000000160. The second-order valence-corrected chi connectivity index (χ2v) is 16.3. The van der Waals surface area contributed by atoms with Crippen molar-refractivity contribution in [2.45, 2.75) is 21.6 Å². The van der Waals surface area contributed by atoms with Crippen LogP contribution in [0.25, 0.3) is 43.7 Å². The van der Waals surface area contributed by atoms with Gasteiger partial charge >= 0.3 is 0 Å². The fourth-order valence-electron chi connectivity index (χ4n) is 5.54. The molecule has 0 amide bonds. The smallest absolute Gasteiger partial charge is 0.296 e. The van der Waals surface area contributed by atoms with Crippen LogP contribution in [0, 0.1) is 6.92 Å². The minimum absolute atomic E-state index is 0.0372. The number of rotatable bonds is 4. The molecule has 0 bridgehead atoms. The van der Waals surface area contributed by atoms with Gasteiger partial charge in [0.1, 0.15) is 15.5 Å². The molecule has 0 aliphatic carbocycles. The number of aryl methyl sites for hydroxylation is 1. The van der Waals surface area contributed by atoms with E-state index in [4.69, 9.17) is 47.3 Å². The molecular weight excluding hydrogens is 773 g/mol. The van der Waals surface area contributed by atoms with E-state index in [1.807, 2.05) is 42.5 Å². The first-order valence-corrected chi connectivity index (χ1v) is 20.0. The third kappa shape index (κ3) is 8.78. The lowest BCUT2D eigenvalue weighted by Crippen LogP contribution is -2.06. The highest BCUT2D eigenvalue weighted by Gasteiger charge is 2.22. The molecule has 16 nitrogen and oxygen atoms in total. The Morgan fingerprint density at radius 1 is 0.545 bits per heavy atom. The number of hydrogen-bond donors (Lipinski definition) is 9. The summed E-state index contributed by atoms with van der Waals surface area (Å²) >= 11 is 0. The molecule has 0 aliphatic rings. The fraction of sp³-hybridized carbons (Fsp3) is 0.0278. The summed E-state index contributed by atoms with van der Waals surface area (Å²) in [6, 6.07) is 28.2. The maximum absolute atomic E-state index is 11.2. The van der Waals surface area contributed by atoms with Gasteiger partial charge in [-0.1, -0.05) is 36.4 Å². The number of aromatic hydroxyl groups is 1. The first-order valence-electron chi connectivity index (χ1n) is 15.6. The molecule has 0 saturated carbocycles. The van der Waals surface area contributed by atoms with Crippen LogP contribution in [0.4, 0.5) is 28.4 Å². The van der Waals surface area contributed by atoms with Gasteiger partial charge in [-0.2, -0.15) is 25.3 Å². The summed E-state index contributed by atoms with van der Waals surface area (Å²) < 4.78 is 93.5. The number of nitrogen functional groups attached to an aromatic ring is 5. The van der Waals surface area contributed by atoms with Crippen LogP contribution in [0.15, 0.2) is 118 Å². The molecule has 7 rings (SSSR count). The number of para-hydroxylation sites is 1. The molecule has 1 aromatic heterocycles. The summed E-state index contributed by atoms with van der Waals surface area (Å²) in [6.07, 6.45) is 0. The van der Waals surface area contributed by atoms with Crippen molar-refractivity contribution >= 4 is 91.2 Å². The normalized spacial score (nSPS) is 11.8. The van der Waals surface area contributed by atoms with Gasteiger partial charge in [-0.15, -0.1) is 0 Å². The number of phenolic OH excluding ortho intramolecular Hbond substituents is 1. The summed E-state index contributed by atoms with van der Waals surface area (Å²) in [5.74, 6) is -0.686. The highest BCUT2D eigenvalue weighted by Crippen LogP contribution is 2.39. The van der Waals surface area contributed by atoms with Crippen LogP contribution in [0.2, 0.25) is 0 Å². The SMILES string of the molecule is Cc1cc(-c2ccc(N)cc2)nc2ccccc12.Nc1cc2c(O)c(N)c(S(=O)(=O)O)cc2cc1S(=O)(=O)O.Nc1ccc(N)c2cc(S(=O)(=O)O)ccc12. The topological polar surface area (TPSA) is 326 Å². The Kier molecular flexibility index (Phi) is 10.8. The summed E-state index contributed by atoms with van der Waals surface area (Å²) in [4.78, 5) is 3.04. The molecule has 0 fully saturated rings. The number of phenols is 1. The zero-order valence-electron chi connectivity index (χ0n) is 28.6. The van der Waals surface area contributed by atoms with E-state index in [9.17, 15) is 30.4 Å². The number of fused-ring (bicyclic) bond motifs is 3.